The molecule has 2 aromatic heterocycles. The summed E-state index contributed by atoms with van der Waals surface area (Å²) in [6.45, 7) is 0.608. The molecule has 0 spiro atoms. The van der Waals surface area contributed by atoms with E-state index < -0.39 is 0 Å². The molecule has 0 radical (unpaired) electrons. The van der Waals surface area contributed by atoms with Gasteiger partial charge in [-0.3, -0.25) is 9.78 Å². The summed E-state index contributed by atoms with van der Waals surface area (Å²) in [5, 5.41) is 1.05. The van der Waals surface area contributed by atoms with Crippen LogP contribution in [0.15, 0.2) is 53.3 Å². The summed E-state index contributed by atoms with van der Waals surface area (Å²) in [7, 11) is 0. The predicted molar refractivity (Wildman–Crippen MR) is 93.1 cm³/mol. The lowest BCUT2D eigenvalue weighted by Gasteiger charge is -2.21. The Morgan fingerprint density at radius 1 is 1.30 bits per heavy atom. The van der Waals surface area contributed by atoms with Gasteiger partial charge in [0.2, 0.25) is 0 Å². The predicted octanol–water partition coefficient (Wildman–Crippen LogP) is 4.13. The highest BCUT2D eigenvalue weighted by molar-refractivity contribution is 9.10. The molecule has 1 aliphatic carbocycles. The van der Waals surface area contributed by atoms with Crippen molar-refractivity contribution in [3.63, 3.8) is 0 Å². The molecule has 0 atom stereocenters. The van der Waals surface area contributed by atoms with Crippen molar-refractivity contribution in [2.45, 2.75) is 25.4 Å². The summed E-state index contributed by atoms with van der Waals surface area (Å²) < 4.78 is 1.00. The Balaban J connectivity index is 1.63. The van der Waals surface area contributed by atoms with E-state index >= 15 is 0 Å². The van der Waals surface area contributed by atoms with Crippen LogP contribution in [-0.2, 0) is 6.54 Å². The molecular formula is C18H16BrN3O. The van der Waals surface area contributed by atoms with Crippen molar-refractivity contribution < 1.29 is 4.79 Å². The second kappa shape index (κ2) is 5.81. The number of carbonyl (C=O) groups is 1. The third kappa shape index (κ3) is 3.01. The van der Waals surface area contributed by atoms with Crippen LogP contribution in [0.2, 0.25) is 0 Å². The molecule has 1 aromatic carbocycles. The smallest absolute Gasteiger partial charge is 0.270 e. The number of amides is 1. The highest BCUT2D eigenvalue weighted by Gasteiger charge is 2.33. The number of carbonyl (C=O) groups excluding carboxylic acids is 1. The van der Waals surface area contributed by atoms with Crippen molar-refractivity contribution >= 4 is 32.7 Å². The summed E-state index contributed by atoms with van der Waals surface area (Å²) in [5.74, 6) is 0.0590. The number of fused-ring (bicyclic) bond motifs is 1. The van der Waals surface area contributed by atoms with Crippen LogP contribution >= 0.6 is 15.9 Å². The molecular weight excluding hydrogens is 354 g/mol. The molecule has 5 heteroatoms. The van der Waals surface area contributed by atoms with Crippen molar-refractivity contribution in [3.05, 3.63) is 64.5 Å². The van der Waals surface area contributed by atoms with Gasteiger partial charge in [-0.05, 0) is 42.7 Å². The van der Waals surface area contributed by atoms with E-state index in [4.69, 9.17) is 0 Å². The van der Waals surface area contributed by atoms with Gasteiger partial charge in [0.05, 0.1) is 0 Å². The lowest BCUT2D eigenvalue weighted by molar-refractivity contribution is 0.0725. The number of aromatic nitrogens is 2. The zero-order chi connectivity index (χ0) is 15.8. The summed E-state index contributed by atoms with van der Waals surface area (Å²) in [4.78, 5) is 22.3. The van der Waals surface area contributed by atoms with Crippen LogP contribution < -0.4 is 0 Å². The molecule has 2 heterocycles. The number of rotatable bonds is 4. The lowest BCUT2D eigenvalue weighted by Crippen LogP contribution is -2.32. The van der Waals surface area contributed by atoms with E-state index in [0.29, 0.717) is 18.3 Å². The molecule has 4 nitrogen and oxygen atoms in total. The average molecular weight is 370 g/mol. The number of hydrogen-bond donors (Lipinski definition) is 1. The number of pyridine rings is 1. The Labute approximate surface area is 142 Å². The normalized spacial score (nSPS) is 14.1. The van der Waals surface area contributed by atoms with Gasteiger partial charge in [0.1, 0.15) is 5.69 Å². The maximum absolute atomic E-state index is 12.9. The van der Waals surface area contributed by atoms with Crippen LogP contribution in [0.3, 0.4) is 0 Å². The van der Waals surface area contributed by atoms with Crippen molar-refractivity contribution in [1.29, 1.82) is 0 Å². The molecule has 4 rings (SSSR count). The van der Waals surface area contributed by atoms with E-state index in [1.165, 1.54) is 0 Å². The van der Waals surface area contributed by atoms with E-state index in [0.717, 1.165) is 33.8 Å². The third-order valence-electron chi connectivity index (χ3n) is 4.14. The van der Waals surface area contributed by atoms with Gasteiger partial charge in [-0.25, -0.2) is 0 Å². The number of H-pyrrole nitrogens is 1. The Bertz CT molecular complexity index is 855. The summed E-state index contributed by atoms with van der Waals surface area (Å²) >= 11 is 3.46. The fourth-order valence-electron chi connectivity index (χ4n) is 2.81. The second-order valence-electron chi connectivity index (χ2n) is 5.94. The minimum Gasteiger partial charge on any atom is -0.350 e. The maximum Gasteiger partial charge on any atom is 0.270 e. The Morgan fingerprint density at radius 2 is 2.17 bits per heavy atom. The SMILES string of the molecule is O=C(c1cc2ccc(Br)cc2[nH]1)N(Cc1cccnc1)C1CC1. The maximum atomic E-state index is 12.9. The van der Waals surface area contributed by atoms with Gasteiger partial charge >= 0.3 is 0 Å². The topological polar surface area (TPSA) is 49.0 Å². The van der Waals surface area contributed by atoms with Crippen LogP contribution in [-0.4, -0.2) is 26.8 Å². The van der Waals surface area contributed by atoms with Crippen molar-refractivity contribution in [1.82, 2.24) is 14.9 Å². The number of aromatic amines is 1. The third-order valence-corrected chi connectivity index (χ3v) is 4.63. The lowest BCUT2D eigenvalue weighted by atomic mass is 10.2. The molecule has 1 fully saturated rings. The van der Waals surface area contributed by atoms with E-state index in [1.807, 2.05) is 47.5 Å². The molecule has 0 bridgehead atoms. The molecule has 1 saturated carbocycles. The van der Waals surface area contributed by atoms with E-state index in [9.17, 15) is 4.79 Å². The van der Waals surface area contributed by atoms with Crippen molar-refractivity contribution in [3.8, 4) is 0 Å². The first-order valence-corrected chi connectivity index (χ1v) is 8.48. The average Bonchev–Trinajstić information content (AvgIpc) is 3.32. The molecule has 0 aliphatic heterocycles. The van der Waals surface area contributed by atoms with Crippen LogP contribution in [0.1, 0.15) is 28.9 Å². The number of benzene rings is 1. The summed E-state index contributed by atoms with van der Waals surface area (Å²) in [6, 6.07) is 12.2. The molecule has 3 aromatic rings. The van der Waals surface area contributed by atoms with Gasteiger partial charge in [-0.15, -0.1) is 0 Å². The largest absolute Gasteiger partial charge is 0.350 e. The number of halogens is 1. The summed E-state index contributed by atoms with van der Waals surface area (Å²) in [5.41, 5.74) is 2.68. The first-order chi connectivity index (χ1) is 11.2. The van der Waals surface area contributed by atoms with Crippen LogP contribution in [0.4, 0.5) is 0 Å². The molecule has 1 amide bonds. The number of hydrogen-bond acceptors (Lipinski definition) is 2. The minimum absolute atomic E-state index is 0.0590. The van der Waals surface area contributed by atoms with Gasteiger partial charge in [0.25, 0.3) is 5.91 Å². The highest BCUT2D eigenvalue weighted by Crippen LogP contribution is 2.30. The fourth-order valence-corrected chi connectivity index (χ4v) is 3.17. The molecule has 23 heavy (non-hydrogen) atoms. The van der Waals surface area contributed by atoms with Crippen LogP contribution in [0.5, 0.6) is 0 Å². The monoisotopic (exact) mass is 369 g/mol. The standard InChI is InChI=1S/C18H16BrN3O/c19-14-4-3-13-8-17(21-16(13)9-14)18(23)22(15-5-6-15)11-12-2-1-7-20-10-12/h1-4,7-10,15,21H,5-6,11H2. The van der Waals surface area contributed by atoms with Gasteiger partial charge in [-0.1, -0.05) is 28.1 Å². The number of nitrogens with zero attached hydrogens (tertiary/aromatic N) is 2. The van der Waals surface area contributed by atoms with Gasteiger partial charge in [-0.2, -0.15) is 0 Å². The quantitative estimate of drug-likeness (QED) is 0.751. The van der Waals surface area contributed by atoms with Gasteiger partial charge in [0, 0.05) is 40.4 Å². The first kappa shape index (κ1) is 14.5. The first-order valence-electron chi connectivity index (χ1n) is 7.69. The van der Waals surface area contributed by atoms with E-state index in [-0.39, 0.29) is 5.91 Å². The number of nitrogens with one attached hydrogen (secondary N) is 1. The molecule has 1 aliphatic rings. The molecule has 1 N–H and O–H groups in total. The van der Waals surface area contributed by atoms with E-state index in [2.05, 4.69) is 25.9 Å². The molecule has 0 unspecified atom stereocenters. The Hall–Kier alpha value is -2.14. The van der Waals surface area contributed by atoms with Gasteiger partial charge in [0.15, 0.2) is 0 Å². The highest BCUT2D eigenvalue weighted by atomic mass is 79.9. The zero-order valence-electron chi connectivity index (χ0n) is 12.5. The Kier molecular flexibility index (Phi) is 3.65. The summed E-state index contributed by atoms with van der Waals surface area (Å²) in [6.07, 6.45) is 5.74. The van der Waals surface area contributed by atoms with Crippen LogP contribution in [0.25, 0.3) is 10.9 Å². The minimum atomic E-state index is 0.0590. The fraction of sp³-hybridized carbons (Fsp3) is 0.222. The Morgan fingerprint density at radius 3 is 2.91 bits per heavy atom. The van der Waals surface area contributed by atoms with E-state index in [1.54, 1.807) is 6.20 Å². The van der Waals surface area contributed by atoms with Crippen LogP contribution in [0, 0.1) is 0 Å². The molecule has 0 saturated heterocycles. The second-order valence-corrected chi connectivity index (χ2v) is 6.86. The van der Waals surface area contributed by atoms with Crippen molar-refractivity contribution in [2.75, 3.05) is 0 Å². The van der Waals surface area contributed by atoms with Gasteiger partial charge < -0.3 is 9.88 Å². The van der Waals surface area contributed by atoms with Crippen molar-refractivity contribution in [2.24, 2.45) is 0 Å². The zero-order valence-corrected chi connectivity index (χ0v) is 14.1. The molecule has 116 valence electrons.